The summed E-state index contributed by atoms with van der Waals surface area (Å²) >= 11 is 0. The lowest BCUT2D eigenvalue weighted by atomic mass is 9.80. The SMILES string of the molecule is CC(C)(C)[Si](OC[C@@H]1CCCC[C@@H]1CO)(c1ccccc1)c1ccccc1. The van der Waals surface area contributed by atoms with Crippen LogP contribution in [0.4, 0.5) is 0 Å². The molecule has 1 aliphatic rings. The van der Waals surface area contributed by atoms with Crippen LogP contribution in [0, 0.1) is 11.8 Å². The van der Waals surface area contributed by atoms with E-state index in [1.165, 1.54) is 29.6 Å². The molecule has 0 saturated heterocycles. The van der Waals surface area contributed by atoms with E-state index in [0.29, 0.717) is 11.8 Å². The third kappa shape index (κ3) is 4.21. The van der Waals surface area contributed by atoms with Crippen LogP contribution in [0.3, 0.4) is 0 Å². The maximum atomic E-state index is 9.84. The monoisotopic (exact) mass is 382 g/mol. The summed E-state index contributed by atoms with van der Waals surface area (Å²) in [4.78, 5) is 0. The molecule has 2 aromatic rings. The molecule has 1 aliphatic carbocycles. The largest absolute Gasteiger partial charge is 0.407 e. The summed E-state index contributed by atoms with van der Waals surface area (Å²) in [7, 11) is -2.46. The normalized spacial score (nSPS) is 21.2. The van der Waals surface area contributed by atoms with Crippen LogP contribution in [0.1, 0.15) is 46.5 Å². The first kappa shape index (κ1) is 20.3. The van der Waals surface area contributed by atoms with Gasteiger partial charge < -0.3 is 9.53 Å². The van der Waals surface area contributed by atoms with E-state index in [4.69, 9.17) is 4.43 Å². The fourth-order valence-corrected chi connectivity index (χ4v) is 9.36. The van der Waals surface area contributed by atoms with E-state index in [9.17, 15) is 5.11 Å². The molecule has 0 heterocycles. The molecule has 146 valence electrons. The first-order valence-electron chi connectivity index (χ1n) is 10.3. The van der Waals surface area contributed by atoms with Gasteiger partial charge in [0.1, 0.15) is 0 Å². The Kier molecular flexibility index (Phi) is 6.56. The van der Waals surface area contributed by atoms with Crippen LogP contribution in [0.2, 0.25) is 5.04 Å². The summed E-state index contributed by atoms with van der Waals surface area (Å²) in [5.41, 5.74) is 0. The van der Waals surface area contributed by atoms with Gasteiger partial charge in [-0.1, -0.05) is 94.3 Å². The van der Waals surface area contributed by atoms with Crippen molar-refractivity contribution in [1.29, 1.82) is 0 Å². The van der Waals surface area contributed by atoms with Crippen LogP contribution in [-0.4, -0.2) is 26.6 Å². The molecule has 0 aliphatic heterocycles. The van der Waals surface area contributed by atoms with E-state index in [-0.39, 0.29) is 11.6 Å². The fourth-order valence-electron chi connectivity index (χ4n) is 4.74. The van der Waals surface area contributed by atoms with Crippen molar-refractivity contribution in [3.05, 3.63) is 60.7 Å². The van der Waals surface area contributed by atoms with Gasteiger partial charge in [0, 0.05) is 13.2 Å². The Hall–Kier alpha value is -1.42. The molecule has 3 heteroatoms. The lowest BCUT2D eigenvalue weighted by molar-refractivity contribution is 0.0920. The van der Waals surface area contributed by atoms with Crippen molar-refractivity contribution >= 4 is 18.7 Å². The highest BCUT2D eigenvalue weighted by molar-refractivity contribution is 6.99. The Labute approximate surface area is 165 Å². The molecular weight excluding hydrogens is 348 g/mol. The van der Waals surface area contributed by atoms with Crippen LogP contribution >= 0.6 is 0 Å². The minimum Gasteiger partial charge on any atom is -0.407 e. The molecule has 0 amide bonds. The molecule has 0 aromatic heterocycles. The number of benzene rings is 2. The Morgan fingerprint density at radius 1 is 0.852 bits per heavy atom. The van der Waals surface area contributed by atoms with Gasteiger partial charge in [-0.05, 0) is 40.1 Å². The lowest BCUT2D eigenvalue weighted by Crippen LogP contribution is -2.67. The maximum absolute atomic E-state index is 9.84. The number of aliphatic hydroxyl groups is 1. The van der Waals surface area contributed by atoms with Gasteiger partial charge in [-0.15, -0.1) is 0 Å². The van der Waals surface area contributed by atoms with Crippen molar-refractivity contribution in [1.82, 2.24) is 0 Å². The van der Waals surface area contributed by atoms with E-state index in [1.807, 2.05) is 0 Å². The Morgan fingerprint density at radius 2 is 1.33 bits per heavy atom. The van der Waals surface area contributed by atoms with Gasteiger partial charge in [0.05, 0.1) is 0 Å². The van der Waals surface area contributed by atoms with E-state index < -0.39 is 8.32 Å². The van der Waals surface area contributed by atoms with Crippen molar-refractivity contribution in [2.24, 2.45) is 11.8 Å². The Balaban J connectivity index is 2.01. The second kappa shape index (κ2) is 8.72. The molecule has 3 rings (SSSR count). The summed E-state index contributed by atoms with van der Waals surface area (Å²) in [6.45, 7) is 8.00. The molecular formula is C24H34O2Si. The highest BCUT2D eigenvalue weighted by Crippen LogP contribution is 2.38. The predicted molar refractivity (Wildman–Crippen MR) is 116 cm³/mol. The van der Waals surface area contributed by atoms with Gasteiger partial charge in [0.2, 0.25) is 0 Å². The molecule has 2 atom stereocenters. The van der Waals surface area contributed by atoms with Crippen LogP contribution in [0.25, 0.3) is 0 Å². The van der Waals surface area contributed by atoms with Crippen molar-refractivity contribution in [2.75, 3.05) is 13.2 Å². The Morgan fingerprint density at radius 3 is 1.78 bits per heavy atom. The molecule has 27 heavy (non-hydrogen) atoms. The summed E-state index contributed by atoms with van der Waals surface area (Å²) < 4.78 is 7.07. The third-order valence-electron chi connectivity index (χ3n) is 6.23. The molecule has 0 radical (unpaired) electrons. The topological polar surface area (TPSA) is 29.5 Å². The standard InChI is InChI=1S/C24H34O2Si/c1-24(2,3)27(22-14-6-4-7-15-22,23-16-8-5-9-17-23)26-19-21-13-11-10-12-20(21)18-25/h4-9,14-17,20-21,25H,10-13,18-19H2,1-3H3/t20-,21+/m1/s1. The molecule has 2 nitrogen and oxygen atoms in total. The number of aliphatic hydroxyl groups excluding tert-OH is 1. The zero-order valence-corrected chi connectivity index (χ0v) is 18.0. The second-order valence-electron chi connectivity index (χ2n) is 8.96. The average Bonchev–Trinajstić information content (AvgIpc) is 2.69. The van der Waals surface area contributed by atoms with Gasteiger partial charge in [-0.2, -0.15) is 0 Å². The second-order valence-corrected chi connectivity index (χ2v) is 13.3. The predicted octanol–water partition coefficient (Wildman–Crippen LogP) is 4.36. The van der Waals surface area contributed by atoms with E-state index >= 15 is 0 Å². The third-order valence-corrected chi connectivity index (χ3v) is 11.2. The molecule has 0 spiro atoms. The molecule has 2 aromatic carbocycles. The van der Waals surface area contributed by atoms with Gasteiger partial charge >= 0.3 is 0 Å². The van der Waals surface area contributed by atoms with Gasteiger partial charge in [0.15, 0.2) is 0 Å². The van der Waals surface area contributed by atoms with E-state index in [2.05, 4.69) is 81.4 Å². The maximum Gasteiger partial charge on any atom is 0.261 e. The fraction of sp³-hybridized carbons (Fsp3) is 0.500. The van der Waals surface area contributed by atoms with Crippen molar-refractivity contribution in [3.8, 4) is 0 Å². The number of hydrogen-bond acceptors (Lipinski definition) is 2. The van der Waals surface area contributed by atoms with Crippen LogP contribution in [0.5, 0.6) is 0 Å². The number of hydrogen-bond donors (Lipinski definition) is 1. The average molecular weight is 383 g/mol. The quantitative estimate of drug-likeness (QED) is 0.752. The number of rotatable bonds is 6. The minimum absolute atomic E-state index is 0.0130. The van der Waals surface area contributed by atoms with Gasteiger partial charge in [-0.25, -0.2) is 0 Å². The van der Waals surface area contributed by atoms with Crippen LogP contribution in [-0.2, 0) is 4.43 Å². The molecule has 0 unspecified atom stereocenters. The Bertz CT molecular complexity index is 654. The molecule has 1 N–H and O–H groups in total. The first-order valence-corrected chi connectivity index (χ1v) is 12.3. The van der Waals surface area contributed by atoms with Crippen LogP contribution < -0.4 is 10.4 Å². The molecule has 0 bridgehead atoms. The van der Waals surface area contributed by atoms with E-state index in [1.54, 1.807) is 0 Å². The van der Waals surface area contributed by atoms with E-state index in [0.717, 1.165) is 13.0 Å². The van der Waals surface area contributed by atoms with Crippen molar-refractivity contribution in [2.45, 2.75) is 51.5 Å². The minimum atomic E-state index is -2.46. The summed E-state index contributed by atoms with van der Waals surface area (Å²) in [6.07, 6.45) is 4.79. The van der Waals surface area contributed by atoms with Crippen molar-refractivity contribution in [3.63, 3.8) is 0 Å². The lowest BCUT2D eigenvalue weighted by Gasteiger charge is -2.44. The smallest absolute Gasteiger partial charge is 0.261 e. The van der Waals surface area contributed by atoms with Gasteiger partial charge in [0.25, 0.3) is 8.32 Å². The van der Waals surface area contributed by atoms with Crippen molar-refractivity contribution < 1.29 is 9.53 Å². The highest BCUT2D eigenvalue weighted by Gasteiger charge is 2.50. The molecule has 1 saturated carbocycles. The summed E-state index contributed by atoms with van der Waals surface area (Å²) in [6, 6.07) is 21.7. The summed E-state index contributed by atoms with van der Waals surface area (Å²) in [5.74, 6) is 0.849. The van der Waals surface area contributed by atoms with Crippen LogP contribution in [0.15, 0.2) is 60.7 Å². The highest BCUT2D eigenvalue weighted by atomic mass is 28.4. The zero-order valence-electron chi connectivity index (χ0n) is 17.0. The molecule has 1 fully saturated rings. The zero-order chi connectivity index (χ0) is 19.3. The first-order chi connectivity index (χ1) is 13.0. The van der Waals surface area contributed by atoms with Gasteiger partial charge in [-0.3, -0.25) is 0 Å². The summed E-state index contributed by atoms with van der Waals surface area (Å²) in [5, 5.41) is 12.5.